The zero-order valence-corrected chi connectivity index (χ0v) is 15.2. The topological polar surface area (TPSA) is 24.5 Å². The van der Waals surface area contributed by atoms with Crippen LogP contribution in [0.5, 0.6) is 5.75 Å². The number of nitrogens with one attached hydrogen (secondary N) is 1. The van der Waals surface area contributed by atoms with Crippen molar-refractivity contribution in [3.8, 4) is 5.75 Å². The summed E-state index contributed by atoms with van der Waals surface area (Å²) in [6.07, 6.45) is 2.50. The molecule has 0 amide bonds. The van der Waals surface area contributed by atoms with Crippen LogP contribution in [0.15, 0.2) is 18.2 Å². The fourth-order valence-corrected chi connectivity index (χ4v) is 3.12. The van der Waals surface area contributed by atoms with E-state index in [2.05, 4.69) is 56.2 Å². The third-order valence-electron chi connectivity index (χ3n) is 4.54. The minimum absolute atomic E-state index is 0. The van der Waals surface area contributed by atoms with Crippen molar-refractivity contribution in [1.82, 2.24) is 10.2 Å². The molecule has 3 nitrogen and oxygen atoms in total. The van der Waals surface area contributed by atoms with Gasteiger partial charge in [-0.3, -0.25) is 4.90 Å². The summed E-state index contributed by atoms with van der Waals surface area (Å²) in [6.45, 7) is 10.8. The van der Waals surface area contributed by atoms with Crippen molar-refractivity contribution in [2.75, 3.05) is 33.3 Å². The van der Waals surface area contributed by atoms with Gasteiger partial charge in [-0.1, -0.05) is 19.9 Å². The van der Waals surface area contributed by atoms with Crippen molar-refractivity contribution in [2.24, 2.45) is 0 Å². The van der Waals surface area contributed by atoms with Gasteiger partial charge in [0.05, 0.1) is 0 Å². The molecule has 0 bridgehead atoms. The minimum Gasteiger partial charge on any atom is -0.492 e. The first-order valence-corrected chi connectivity index (χ1v) is 8.23. The number of nitrogens with zero attached hydrogens (tertiary/aromatic N) is 1. The molecule has 126 valence electrons. The normalized spacial score (nSPS) is 16.6. The molecular weight excluding hydrogens is 296 g/mol. The van der Waals surface area contributed by atoms with Crippen LogP contribution in [0.25, 0.3) is 0 Å². The van der Waals surface area contributed by atoms with Gasteiger partial charge in [-0.15, -0.1) is 12.4 Å². The lowest BCUT2D eigenvalue weighted by Crippen LogP contribution is -2.42. The highest BCUT2D eigenvalue weighted by Gasteiger charge is 2.17. The highest BCUT2D eigenvalue weighted by Crippen LogP contribution is 2.23. The summed E-state index contributed by atoms with van der Waals surface area (Å²) in [4.78, 5) is 2.50. The summed E-state index contributed by atoms with van der Waals surface area (Å²) in [5.41, 5.74) is 2.74. The quantitative estimate of drug-likeness (QED) is 0.864. The van der Waals surface area contributed by atoms with Crippen molar-refractivity contribution in [2.45, 2.75) is 45.6 Å². The molecule has 2 rings (SSSR count). The fourth-order valence-electron chi connectivity index (χ4n) is 3.12. The Bertz CT molecular complexity index is 443. The summed E-state index contributed by atoms with van der Waals surface area (Å²) < 4.78 is 5.92. The monoisotopic (exact) mass is 326 g/mol. The molecule has 1 fully saturated rings. The predicted molar refractivity (Wildman–Crippen MR) is 96.5 cm³/mol. The van der Waals surface area contributed by atoms with Crippen molar-refractivity contribution < 1.29 is 4.74 Å². The first kappa shape index (κ1) is 19.3. The number of hydrogen-bond donors (Lipinski definition) is 1. The van der Waals surface area contributed by atoms with Crippen LogP contribution < -0.4 is 10.1 Å². The van der Waals surface area contributed by atoms with E-state index in [0.29, 0.717) is 12.0 Å². The van der Waals surface area contributed by atoms with E-state index in [9.17, 15) is 0 Å². The lowest BCUT2D eigenvalue weighted by Gasteiger charge is -2.31. The molecule has 1 saturated heterocycles. The molecule has 0 unspecified atom stereocenters. The van der Waals surface area contributed by atoms with Crippen molar-refractivity contribution in [3.05, 3.63) is 29.3 Å². The Morgan fingerprint density at radius 1 is 1.27 bits per heavy atom. The summed E-state index contributed by atoms with van der Waals surface area (Å²) in [6, 6.07) is 7.18. The van der Waals surface area contributed by atoms with E-state index < -0.39 is 0 Å². The summed E-state index contributed by atoms with van der Waals surface area (Å²) in [5, 5.41) is 3.37. The maximum Gasteiger partial charge on any atom is 0.119 e. The van der Waals surface area contributed by atoms with Gasteiger partial charge in [0.1, 0.15) is 12.4 Å². The second kappa shape index (κ2) is 9.39. The number of hydrogen-bond acceptors (Lipinski definition) is 3. The van der Waals surface area contributed by atoms with Crippen molar-refractivity contribution >= 4 is 12.4 Å². The average Bonchev–Trinajstić information content (AvgIpc) is 2.47. The van der Waals surface area contributed by atoms with E-state index in [1.165, 1.54) is 37.1 Å². The van der Waals surface area contributed by atoms with Gasteiger partial charge in [-0.05, 0) is 69.1 Å². The van der Waals surface area contributed by atoms with Crippen LogP contribution in [0, 0.1) is 6.92 Å². The Hall–Kier alpha value is -0.770. The standard InChI is InChI=1S/C18H30N2O.ClH/c1-14(2)18-6-5-17(13-15(18)3)21-12-11-20-9-7-16(19-4)8-10-20;/h5-6,13-14,16,19H,7-12H2,1-4H3;1H. The van der Waals surface area contributed by atoms with Gasteiger partial charge in [0.25, 0.3) is 0 Å². The molecule has 22 heavy (non-hydrogen) atoms. The van der Waals surface area contributed by atoms with Crippen LogP contribution in [-0.4, -0.2) is 44.2 Å². The molecule has 0 atom stereocenters. The highest BCUT2D eigenvalue weighted by atomic mass is 35.5. The highest BCUT2D eigenvalue weighted by molar-refractivity contribution is 5.85. The van der Waals surface area contributed by atoms with Gasteiger partial charge in [-0.25, -0.2) is 0 Å². The van der Waals surface area contributed by atoms with Crippen LogP contribution >= 0.6 is 12.4 Å². The van der Waals surface area contributed by atoms with Crippen LogP contribution in [0.2, 0.25) is 0 Å². The summed E-state index contributed by atoms with van der Waals surface area (Å²) >= 11 is 0. The second-order valence-electron chi connectivity index (χ2n) is 6.43. The van der Waals surface area contributed by atoms with Gasteiger partial charge < -0.3 is 10.1 Å². The number of aryl methyl sites for hydroxylation is 1. The molecule has 1 heterocycles. The molecule has 4 heteroatoms. The molecule has 1 aromatic carbocycles. The predicted octanol–water partition coefficient (Wildman–Crippen LogP) is 3.60. The van der Waals surface area contributed by atoms with Gasteiger partial charge in [0.15, 0.2) is 0 Å². The molecule has 1 aliphatic heterocycles. The zero-order valence-electron chi connectivity index (χ0n) is 14.4. The van der Waals surface area contributed by atoms with E-state index in [1.807, 2.05) is 0 Å². The lowest BCUT2D eigenvalue weighted by atomic mass is 9.98. The Kier molecular flexibility index (Phi) is 8.23. The third-order valence-corrected chi connectivity index (χ3v) is 4.54. The van der Waals surface area contributed by atoms with Gasteiger partial charge in [0.2, 0.25) is 0 Å². The third kappa shape index (κ3) is 5.45. The van der Waals surface area contributed by atoms with E-state index in [-0.39, 0.29) is 12.4 Å². The minimum atomic E-state index is 0. The Morgan fingerprint density at radius 2 is 1.95 bits per heavy atom. The van der Waals surface area contributed by atoms with Crippen LogP contribution in [0.1, 0.15) is 43.7 Å². The number of halogens is 1. The SMILES string of the molecule is CNC1CCN(CCOc2ccc(C(C)C)c(C)c2)CC1.Cl. The van der Waals surface area contributed by atoms with Crippen LogP contribution in [0.4, 0.5) is 0 Å². The Morgan fingerprint density at radius 3 is 2.50 bits per heavy atom. The second-order valence-corrected chi connectivity index (χ2v) is 6.43. The average molecular weight is 327 g/mol. The number of benzene rings is 1. The molecule has 1 aromatic rings. The summed E-state index contributed by atoms with van der Waals surface area (Å²) in [5.74, 6) is 1.58. The number of rotatable bonds is 6. The molecule has 1 N–H and O–H groups in total. The zero-order chi connectivity index (χ0) is 15.2. The first-order valence-electron chi connectivity index (χ1n) is 8.23. The van der Waals surface area contributed by atoms with E-state index in [1.54, 1.807) is 0 Å². The Balaban J connectivity index is 0.00000242. The molecular formula is C18H31ClN2O. The molecule has 0 spiro atoms. The lowest BCUT2D eigenvalue weighted by molar-refractivity contribution is 0.167. The van der Waals surface area contributed by atoms with Crippen LogP contribution in [-0.2, 0) is 0 Å². The summed E-state index contributed by atoms with van der Waals surface area (Å²) in [7, 11) is 2.06. The Labute approximate surface area is 141 Å². The largest absolute Gasteiger partial charge is 0.492 e. The van der Waals surface area contributed by atoms with Crippen molar-refractivity contribution in [1.29, 1.82) is 0 Å². The fraction of sp³-hybridized carbons (Fsp3) is 0.667. The van der Waals surface area contributed by atoms with E-state index >= 15 is 0 Å². The van der Waals surface area contributed by atoms with Crippen molar-refractivity contribution in [3.63, 3.8) is 0 Å². The number of likely N-dealkylation sites (tertiary alicyclic amines) is 1. The molecule has 0 saturated carbocycles. The number of ether oxygens (including phenoxy) is 1. The molecule has 1 aliphatic rings. The maximum atomic E-state index is 5.92. The first-order chi connectivity index (χ1) is 10.1. The maximum absolute atomic E-state index is 5.92. The number of piperidine rings is 1. The molecule has 0 aromatic heterocycles. The molecule has 0 aliphatic carbocycles. The van der Waals surface area contributed by atoms with Gasteiger partial charge in [-0.2, -0.15) is 0 Å². The van der Waals surface area contributed by atoms with Gasteiger partial charge in [0, 0.05) is 12.6 Å². The molecule has 0 radical (unpaired) electrons. The van der Waals surface area contributed by atoms with E-state index in [4.69, 9.17) is 4.74 Å². The van der Waals surface area contributed by atoms with Gasteiger partial charge >= 0.3 is 0 Å². The van der Waals surface area contributed by atoms with E-state index in [0.717, 1.165) is 18.9 Å². The van der Waals surface area contributed by atoms with Crippen LogP contribution in [0.3, 0.4) is 0 Å². The smallest absolute Gasteiger partial charge is 0.119 e.